The summed E-state index contributed by atoms with van der Waals surface area (Å²) in [6.45, 7) is 3.02. The highest BCUT2D eigenvalue weighted by Crippen LogP contribution is 2.15. The number of likely N-dealkylation sites (N-methyl/N-ethyl adjacent to an activating group) is 1. The Labute approximate surface area is 138 Å². The van der Waals surface area contributed by atoms with E-state index in [1.807, 2.05) is 0 Å². The van der Waals surface area contributed by atoms with Crippen molar-refractivity contribution in [2.24, 2.45) is 0 Å². The summed E-state index contributed by atoms with van der Waals surface area (Å²) in [6, 6.07) is 6.82. The molecule has 0 atom stereocenters. The lowest BCUT2D eigenvalue weighted by atomic mass is 10.2. The Kier molecular flexibility index (Phi) is 5.47. The summed E-state index contributed by atoms with van der Waals surface area (Å²) in [6.07, 6.45) is 1.40. The zero-order chi connectivity index (χ0) is 17.7. The van der Waals surface area contributed by atoms with Gasteiger partial charge in [0.25, 0.3) is 5.91 Å². The molecule has 2 aromatic rings. The van der Waals surface area contributed by atoms with Gasteiger partial charge in [0.2, 0.25) is 0 Å². The van der Waals surface area contributed by atoms with E-state index in [9.17, 15) is 18.8 Å². The first-order chi connectivity index (χ1) is 11.4. The van der Waals surface area contributed by atoms with Crippen molar-refractivity contribution in [2.45, 2.75) is 13.8 Å². The number of halogens is 1. The number of ether oxygens (including phenoxy) is 1. The molecule has 1 aromatic carbocycles. The predicted molar refractivity (Wildman–Crippen MR) is 85.5 cm³/mol. The van der Waals surface area contributed by atoms with Crippen LogP contribution in [0.25, 0.3) is 0 Å². The lowest BCUT2D eigenvalue weighted by Crippen LogP contribution is -2.34. The van der Waals surface area contributed by atoms with Crippen LogP contribution in [0.5, 0.6) is 0 Å². The molecule has 1 amide bonds. The van der Waals surface area contributed by atoms with Gasteiger partial charge in [0.15, 0.2) is 12.4 Å². The SMILES string of the molecule is CCN(C(=O)COC(=O)c1cc(C(C)=O)c[nH]1)c1ccc(F)cc1. The second-order valence-corrected chi connectivity index (χ2v) is 5.05. The zero-order valence-electron chi connectivity index (χ0n) is 13.3. The second kappa shape index (κ2) is 7.54. The summed E-state index contributed by atoms with van der Waals surface area (Å²) < 4.78 is 17.9. The first kappa shape index (κ1) is 17.4. The van der Waals surface area contributed by atoms with Crippen LogP contribution in [0, 0.1) is 5.82 Å². The Bertz CT molecular complexity index is 752. The third-order valence-electron chi connectivity index (χ3n) is 3.39. The number of ketones is 1. The van der Waals surface area contributed by atoms with Gasteiger partial charge in [-0.1, -0.05) is 0 Å². The molecule has 2 rings (SSSR count). The number of hydrogen-bond acceptors (Lipinski definition) is 4. The van der Waals surface area contributed by atoms with Gasteiger partial charge >= 0.3 is 5.97 Å². The molecular weight excluding hydrogens is 315 g/mol. The number of hydrogen-bond donors (Lipinski definition) is 1. The van der Waals surface area contributed by atoms with Crippen LogP contribution in [0.3, 0.4) is 0 Å². The molecule has 0 bridgehead atoms. The molecular formula is C17H17FN2O4. The highest BCUT2D eigenvalue weighted by molar-refractivity contribution is 5.99. The number of nitrogens with zero attached hydrogens (tertiary/aromatic N) is 1. The van der Waals surface area contributed by atoms with Gasteiger partial charge < -0.3 is 14.6 Å². The van der Waals surface area contributed by atoms with Crippen LogP contribution in [0.1, 0.15) is 34.7 Å². The maximum atomic E-state index is 13.0. The molecule has 0 fully saturated rings. The largest absolute Gasteiger partial charge is 0.451 e. The molecule has 0 aliphatic carbocycles. The maximum Gasteiger partial charge on any atom is 0.355 e. The van der Waals surface area contributed by atoms with Crippen LogP contribution in [0.2, 0.25) is 0 Å². The van der Waals surface area contributed by atoms with E-state index in [0.29, 0.717) is 17.8 Å². The van der Waals surface area contributed by atoms with Gasteiger partial charge in [-0.05, 0) is 44.2 Å². The van der Waals surface area contributed by atoms with Gasteiger partial charge in [-0.3, -0.25) is 9.59 Å². The Hall–Kier alpha value is -2.96. The van der Waals surface area contributed by atoms with Crippen molar-refractivity contribution in [1.29, 1.82) is 0 Å². The molecule has 0 aliphatic heterocycles. The number of anilines is 1. The van der Waals surface area contributed by atoms with Gasteiger partial charge in [0.1, 0.15) is 11.5 Å². The summed E-state index contributed by atoms with van der Waals surface area (Å²) in [5.74, 6) is -1.75. The fourth-order valence-electron chi connectivity index (χ4n) is 2.12. The summed E-state index contributed by atoms with van der Waals surface area (Å²) in [5.41, 5.74) is 0.964. The number of H-pyrrole nitrogens is 1. The molecule has 0 unspecified atom stereocenters. The van der Waals surface area contributed by atoms with Crippen LogP contribution in [0.15, 0.2) is 36.5 Å². The first-order valence-corrected chi connectivity index (χ1v) is 7.34. The molecule has 0 saturated heterocycles. The van der Waals surface area contributed by atoms with E-state index in [1.165, 1.54) is 48.4 Å². The van der Waals surface area contributed by atoms with E-state index in [-0.39, 0.29) is 11.5 Å². The molecule has 0 spiro atoms. The number of nitrogens with one attached hydrogen (secondary N) is 1. The van der Waals surface area contributed by atoms with Crippen molar-refractivity contribution in [2.75, 3.05) is 18.1 Å². The number of carbonyl (C=O) groups is 3. The molecule has 126 valence electrons. The van der Waals surface area contributed by atoms with E-state index in [1.54, 1.807) is 6.92 Å². The van der Waals surface area contributed by atoms with E-state index in [2.05, 4.69) is 4.98 Å². The maximum absolute atomic E-state index is 13.0. The van der Waals surface area contributed by atoms with Crippen molar-refractivity contribution < 1.29 is 23.5 Å². The smallest absolute Gasteiger partial charge is 0.355 e. The number of amides is 1. The molecule has 1 heterocycles. The Morgan fingerprint density at radius 3 is 2.42 bits per heavy atom. The molecule has 6 nitrogen and oxygen atoms in total. The standard InChI is InChI=1S/C17H17FN2O4/c1-3-20(14-6-4-13(18)5-7-14)16(22)10-24-17(23)15-8-12(9-19-15)11(2)21/h4-9,19H,3,10H2,1-2H3. The Morgan fingerprint density at radius 1 is 1.21 bits per heavy atom. The lowest BCUT2D eigenvalue weighted by Gasteiger charge is -2.20. The number of aromatic nitrogens is 1. The van der Waals surface area contributed by atoms with Gasteiger partial charge in [-0.25, -0.2) is 9.18 Å². The monoisotopic (exact) mass is 332 g/mol. The minimum atomic E-state index is -0.731. The number of aromatic amines is 1. The molecule has 24 heavy (non-hydrogen) atoms. The molecule has 0 radical (unpaired) electrons. The summed E-state index contributed by atoms with van der Waals surface area (Å²) in [5, 5.41) is 0. The lowest BCUT2D eigenvalue weighted by molar-refractivity contribution is -0.121. The average molecular weight is 332 g/mol. The summed E-state index contributed by atoms with van der Waals surface area (Å²) >= 11 is 0. The third kappa shape index (κ3) is 4.07. The first-order valence-electron chi connectivity index (χ1n) is 7.34. The number of rotatable bonds is 6. The van der Waals surface area contributed by atoms with Crippen LogP contribution in [0.4, 0.5) is 10.1 Å². The summed E-state index contributed by atoms with van der Waals surface area (Å²) in [4.78, 5) is 39.3. The minimum absolute atomic E-state index is 0.0952. The number of carbonyl (C=O) groups excluding carboxylic acids is 3. The van der Waals surface area contributed by atoms with Crippen LogP contribution >= 0.6 is 0 Å². The zero-order valence-corrected chi connectivity index (χ0v) is 13.3. The fourth-order valence-corrected chi connectivity index (χ4v) is 2.12. The number of benzene rings is 1. The predicted octanol–water partition coefficient (Wildman–Crippen LogP) is 2.57. The van der Waals surface area contributed by atoms with E-state index < -0.39 is 24.3 Å². The normalized spacial score (nSPS) is 10.3. The van der Waals surface area contributed by atoms with Crippen molar-refractivity contribution in [3.8, 4) is 0 Å². The van der Waals surface area contributed by atoms with Crippen LogP contribution in [-0.4, -0.2) is 35.8 Å². The van der Waals surface area contributed by atoms with Gasteiger partial charge in [0.05, 0.1) is 0 Å². The highest BCUT2D eigenvalue weighted by atomic mass is 19.1. The minimum Gasteiger partial charge on any atom is -0.451 e. The van der Waals surface area contributed by atoms with E-state index >= 15 is 0 Å². The highest BCUT2D eigenvalue weighted by Gasteiger charge is 2.18. The van der Waals surface area contributed by atoms with E-state index in [0.717, 1.165) is 0 Å². The van der Waals surface area contributed by atoms with Gasteiger partial charge in [0, 0.05) is 24.0 Å². The molecule has 0 saturated carbocycles. The quantitative estimate of drug-likeness (QED) is 0.651. The van der Waals surface area contributed by atoms with Crippen molar-refractivity contribution in [3.05, 3.63) is 53.6 Å². The Balaban J connectivity index is 1.98. The van der Waals surface area contributed by atoms with Gasteiger partial charge in [-0.15, -0.1) is 0 Å². The van der Waals surface area contributed by atoms with Crippen LogP contribution in [-0.2, 0) is 9.53 Å². The summed E-state index contributed by atoms with van der Waals surface area (Å²) in [7, 11) is 0. The fraction of sp³-hybridized carbons (Fsp3) is 0.235. The number of esters is 1. The Morgan fingerprint density at radius 2 is 1.88 bits per heavy atom. The molecule has 1 aromatic heterocycles. The van der Waals surface area contributed by atoms with Crippen molar-refractivity contribution in [1.82, 2.24) is 4.98 Å². The molecule has 0 aliphatic rings. The topological polar surface area (TPSA) is 79.5 Å². The number of Topliss-reactive ketones (excluding diaryl/α,β-unsaturated/α-hetero) is 1. The average Bonchev–Trinajstić information content (AvgIpc) is 3.05. The van der Waals surface area contributed by atoms with E-state index in [4.69, 9.17) is 4.74 Å². The van der Waals surface area contributed by atoms with Gasteiger partial charge in [-0.2, -0.15) is 0 Å². The van der Waals surface area contributed by atoms with Crippen molar-refractivity contribution >= 4 is 23.3 Å². The van der Waals surface area contributed by atoms with Crippen LogP contribution < -0.4 is 4.90 Å². The molecule has 7 heteroatoms. The molecule has 1 N–H and O–H groups in total. The van der Waals surface area contributed by atoms with Crippen molar-refractivity contribution in [3.63, 3.8) is 0 Å². The second-order valence-electron chi connectivity index (χ2n) is 5.05. The third-order valence-corrected chi connectivity index (χ3v) is 3.39.